The lowest BCUT2D eigenvalue weighted by molar-refractivity contribution is 0.0696. The van der Waals surface area contributed by atoms with Crippen molar-refractivity contribution in [2.75, 3.05) is 0 Å². The number of hydrogen-bond donors (Lipinski definition) is 2. The van der Waals surface area contributed by atoms with Crippen molar-refractivity contribution in [3.63, 3.8) is 0 Å². The van der Waals surface area contributed by atoms with E-state index in [0.29, 0.717) is 11.3 Å². The highest BCUT2D eigenvalue weighted by molar-refractivity contribution is 5.98. The predicted octanol–water partition coefficient (Wildman–Crippen LogP) is 4.98. The largest absolute Gasteiger partial charge is 0.478 e. The first-order valence-electron chi connectivity index (χ1n) is 9.60. The average molecular weight is 441 g/mol. The molecule has 0 bridgehead atoms. The number of halogens is 2. The van der Waals surface area contributed by atoms with Crippen molar-refractivity contribution in [1.29, 1.82) is 0 Å². The molecule has 3 aromatic rings. The molecule has 0 aliphatic rings. The van der Waals surface area contributed by atoms with Crippen LogP contribution in [0.2, 0.25) is 0 Å². The molecule has 7 nitrogen and oxygen atoms in total. The number of aromatic carboxylic acids is 1. The molecular formula is C23H21F2N3O4. The van der Waals surface area contributed by atoms with Gasteiger partial charge in [0.25, 0.3) is 12.3 Å². The first kappa shape index (κ1) is 22.7. The van der Waals surface area contributed by atoms with Crippen LogP contribution in [-0.4, -0.2) is 26.8 Å². The van der Waals surface area contributed by atoms with Crippen molar-refractivity contribution in [3.05, 3.63) is 83.1 Å². The van der Waals surface area contributed by atoms with Crippen LogP contribution in [0.1, 0.15) is 56.9 Å². The number of carboxylic acid groups (broad SMARTS) is 1. The fourth-order valence-corrected chi connectivity index (χ4v) is 3.09. The third-order valence-electron chi connectivity index (χ3n) is 4.77. The van der Waals surface area contributed by atoms with Gasteiger partial charge in [0.1, 0.15) is 17.0 Å². The van der Waals surface area contributed by atoms with Gasteiger partial charge >= 0.3 is 5.97 Å². The highest BCUT2D eigenvalue weighted by atomic mass is 19.3. The van der Waals surface area contributed by atoms with Crippen LogP contribution in [0.25, 0.3) is 6.08 Å². The number of carbonyl (C=O) groups excluding carboxylic acids is 1. The Bertz CT molecular complexity index is 1160. The number of carbonyl (C=O) groups is 2. The van der Waals surface area contributed by atoms with E-state index in [1.165, 1.54) is 19.2 Å². The number of alkyl halides is 2. The molecular weight excluding hydrogens is 420 g/mol. The second kappa shape index (κ2) is 9.42. The van der Waals surface area contributed by atoms with E-state index in [0.717, 1.165) is 10.2 Å². The summed E-state index contributed by atoms with van der Waals surface area (Å²) in [4.78, 5) is 24.0. The molecule has 9 heteroatoms. The molecule has 1 atom stereocenters. The van der Waals surface area contributed by atoms with Crippen LogP contribution in [0.3, 0.4) is 0 Å². The summed E-state index contributed by atoms with van der Waals surface area (Å²) in [7, 11) is 1.41. The zero-order chi connectivity index (χ0) is 23.4. The number of amides is 1. The van der Waals surface area contributed by atoms with Crippen LogP contribution in [0.15, 0.2) is 55.1 Å². The normalized spacial score (nSPS) is 11.8. The number of rotatable bonds is 8. The van der Waals surface area contributed by atoms with Gasteiger partial charge in [0.15, 0.2) is 0 Å². The van der Waals surface area contributed by atoms with Gasteiger partial charge in [-0.3, -0.25) is 4.79 Å². The summed E-state index contributed by atoms with van der Waals surface area (Å²) in [6.45, 7) is 5.33. The Morgan fingerprint density at radius 3 is 2.50 bits per heavy atom. The van der Waals surface area contributed by atoms with Crippen molar-refractivity contribution in [1.82, 2.24) is 15.1 Å². The van der Waals surface area contributed by atoms with Gasteiger partial charge in [0.2, 0.25) is 5.88 Å². The maximum atomic E-state index is 13.6. The highest BCUT2D eigenvalue weighted by Gasteiger charge is 2.30. The Morgan fingerprint density at radius 2 is 1.91 bits per heavy atom. The monoisotopic (exact) mass is 441 g/mol. The molecule has 0 aliphatic carbocycles. The lowest BCUT2D eigenvalue weighted by Gasteiger charge is -2.16. The third-order valence-corrected chi connectivity index (χ3v) is 4.77. The summed E-state index contributed by atoms with van der Waals surface area (Å²) < 4.78 is 34.1. The van der Waals surface area contributed by atoms with Gasteiger partial charge in [-0.1, -0.05) is 36.9 Å². The first-order chi connectivity index (χ1) is 15.2. The van der Waals surface area contributed by atoms with Gasteiger partial charge in [-0.25, -0.2) is 18.3 Å². The van der Waals surface area contributed by atoms with Gasteiger partial charge in [-0.15, -0.1) is 0 Å². The molecule has 0 aliphatic heterocycles. The van der Waals surface area contributed by atoms with Crippen LogP contribution in [-0.2, 0) is 7.05 Å². The van der Waals surface area contributed by atoms with Crippen molar-refractivity contribution in [2.45, 2.75) is 19.4 Å². The van der Waals surface area contributed by atoms with Crippen molar-refractivity contribution < 1.29 is 28.2 Å². The van der Waals surface area contributed by atoms with E-state index in [2.05, 4.69) is 17.0 Å². The molecule has 0 fully saturated rings. The fourth-order valence-electron chi connectivity index (χ4n) is 3.09. The average Bonchev–Trinajstić information content (AvgIpc) is 3.10. The number of aromatic nitrogens is 2. The van der Waals surface area contributed by atoms with E-state index in [1.54, 1.807) is 49.4 Å². The molecule has 2 N–H and O–H groups in total. The van der Waals surface area contributed by atoms with E-state index < -0.39 is 30.0 Å². The summed E-state index contributed by atoms with van der Waals surface area (Å²) in [5, 5.41) is 15.4. The van der Waals surface area contributed by atoms with E-state index in [1.807, 2.05) is 0 Å². The quantitative estimate of drug-likeness (QED) is 0.514. The van der Waals surface area contributed by atoms with Crippen molar-refractivity contribution in [2.24, 2.45) is 7.05 Å². The van der Waals surface area contributed by atoms with E-state index in [4.69, 9.17) is 9.84 Å². The Labute approximate surface area is 182 Å². The number of hydrogen-bond acceptors (Lipinski definition) is 4. The molecule has 1 heterocycles. The fraction of sp³-hybridized carbons (Fsp3) is 0.174. The number of ether oxygens (including phenoxy) is 1. The second-order valence-corrected chi connectivity index (χ2v) is 6.99. The second-order valence-electron chi connectivity index (χ2n) is 6.99. The Morgan fingerprint density at radius 1 is 1.22 bits per heavy atom. The molecule has 0 saturated carbocycles. The van der Waals surface area contributed by atoms with Crippen molar-refractivity contribution in [3.8, 4) is 11.6 Å². The SMILES string of the molecule is C=Cc1cccc(Oc2c(C(=O)NC(C)c3ccc(C(=O)O)cc3)c(C(F)F)nn2C)c1. The van der Waals surface area contributed by atoms with Gasteiger partial charge in [-0.05, 0) is 42.3 Å². The lowest BCUT2D eigenvalue weighted by atomic mass is 10.1. The van der Waals surface area contributed by atoms with Crippen LogP contribution in [0.5, 0.6) is 11.6 Å². The summed E-state index contributed by atoms with van der Waals surface area (Å²) in [5.41, 5.74) is 0.376. The number of nitrogens with one attached hydrogen (secondary N) is 1. The smallest absolute Gasteiger partial charge is 0.335 e. The Kier molecular flexibility index (Phi) is 6.67. The zero-order valence-electron chi connectivity index (χ0n) is 17.4. The van der Waals surface area contributed by atoms with Crippen molar-refractivity contribution >= 4 is 18.0 Å². The van der Waals surface area contributed by atoms with Gasteiger partial charge < -0.3 is 15.2 Å². The van der Waals surface area contributed by atoms with E-state index in [-0.39, 0.29) is 17.0 Å². The molecule has 0 radical (unpaired) electrons. The van der Waals surface area contributed by atoms with Gasteiger partial charge in [0, 0.05) is 7.05 Å². The molecule has 32 heavy (non-hydrogen) atoms. The standard InChI is InChI=1S/C23H21F2N3O4/c1-4-14-6-5-7-17(12-14)32-22-18(19(20(24)25)27-28(22)3)21(29)26-13(2)15-8-10-16(11-9-15)23(30)31/h4-13,20H,1H2,2-3H3,(H,26,29)(H,30,31). The van der Waals surface area contributed by atoms with Gasteiger partial charge in [0.05, 0.1) is 11.6 Å². The number of carboxylic acids is 1. The molecule has 2 aromatic carbocycles. The number of nitrogens with zero attached hydrogens (tertiary/aromatic N) is 2. The minimum Gasteiger partial charge on any atom is -0.478 e. The third kappa shape index (κ3) is 4.83. The van der Waals surface area contributed by atoms with E-state index >= 15 is 0 Å². The molecule has 0 spiro atoms. The lowest BCUT2D eigenvalue weighted by Crippen LogP contribution is -2.27. The Hall–Kier alpha value is -4.01. The summed E-state index contributed by atoms with van der Waals surface area (Å²) in [6, 6.07) is 12.1. The van der Waals surface area contributed by atoms with Crippen LogP contribution >= 0.6 is 0 Å². The zero-order valence-corrected chi connectivity index (χ0v) is 17.4. The molecule has 3 rings (SSSR count). The predicted molar refractivity (Wildman–Crippen MR) is 114 cm³/mol. The minimum atomic E-state index is -3.00. The number of aryl methyl sites for hydroxylation is 1. The van der Waals surface area contributed by atoms with Crippen LogP contribution < -0.4 is 10.1 Å². The summed E-state index contributed by atoms with van der Waals surface area (Å²) >= 11 is 0. The van der Waals surface area contributed by atoms with Crippen LogP contribution in [0, 0.1) is 0 Å². The molecule has 0 saturated heterocycles. The molecule has 1 unspecified atom stereocenters. The number of benzene rings is 2. The molecule has 1 aromatic heterocycles. The maximum absolute atomic E-state index is 13.6. The topological polar surface area (TPSA) is 93.4 Å². The van der Waals surface area contributed by atoms with E-state index in [9.17, 15) is 18.4 Å². The van der Waals surface area contributed by atoms with Gasteiger partial charge in [-0.2, -0.15) is 5.10 Å². The summed E-state index contributed by atoms with van der Waals surface area (Å²) in [5.74, 6) is -1.67. The maximum Gasteiger partial charge on any atom is 0.335 e. The highest BCUT2D eigenvalue weighted by Crippen LogP contribution is 2.33. The Balaban J connectivity index is 1.91. The molecule has 1 amide bonds. The minimum absolute atomic E-state index is 0.0944. The first-order valence-corrected chi connectivity index (χ1v) is 9.60. The molecule has 166 valence electrons. The summed E-state index contributed by atoms with van der Waals surface area (Å²) in [6.07, 6.45) is -1.39. The van der Waals surface area contributed by atoms with Crippen LogP contribution in [0.4, 0.5) is 8.78 Å².